The van der Waals surface area contributed by atoms with Gasteiger partial charge in [-0.2, -0.15) is 0 Å². The zero-order chi connectivity index (χ0) is 7.14. The zero-order valence-electron chi connectivity index (χ0n) is 6.18. The van der Waals surface area contributed by atoms with Gasteiger partial charge in [0, 0.05) is 10.9 Å². The summed E-state index contributed by atoms with van der Waals surface area (Å²) in [6.45, 7) is 2.16. The minimum absolute atomic E-state index is 0.881. The van der Waals surface area contributed by atoms with Gasteiger partial charge in [-0.3, -0.25) is 0 Å². The lowest BCUT2D eigenvalue weighted by molar-refractivity contribution is -0.255. The molecule has 54 valence electrons. The predicted octanol–water partition coefficient (Wildman–Crippen LogP) is 1.81. The van der Waals surface area contributed by atoms with Crippen molar-refractivity contribution in [3.05, 3.63) is 15.8 Å². The molecule has 10 heavy (non-hydrogen) atoms. The van der Waals surface area contributed by atoms with E-state index in [9.17, 15) is 0 Å². The third-order valence-corrected chi connectivity index (χ3v) is 3.17. The van der Waals surface area contributed by atoms with Gasteiger partial charge in [0.1, 0.15) is 5.69 Å². The third-order valence-electron chi connectivity index (χ3n) is 1.91. The fraction of sp³-hybridized carbons (Fsp3) is 0.500. The van der Waals surface area contributed by atoms with Crippen LogP contribution in [0.5, 0.6) is 0 Å². The van der Waals surface area contributed by atoms with E-state index in [2.05, 4.69) is 18.7 Å². The molecule has 0 amide bonds. The van der Waals surface area contributed by atoms with Crippen molar-refractivity contribution in [2.24, 2.45) is 0 Å². The predicted molar refractivity (Wildman–Crippen MR) is 43.6 cm³/mol. The molecular weight excluding hydrogens is 142 g/mol. The molecule has 0 bridgehead atoms. The van der Waals surface area contributed by atoms with Crippen LogP contribution in [-0.2, 0) is 0 Å². The van der Waals surface area contributed by atoms with Gasteiger partial charge in [0.25, 0.3) is 0 Å². The highest BCUT2D eigenvalue weighted by molar-refractivity contribution is 7.12. The highest BCUT2D eigenvalue weighted by atomic mass is 32.1. The molecule has 0 aliphatic heterocycles. The maximum atomic E-state index is 4.01. The highest BCUT2D eigenvalue weighted by Gasteiger charge is 2.28. The molecule has 0 radical (unpaired) electrons. The Labute approximate surface area is 64.9 Å². The van der Waals surface area contributed by atoms with Crippen LogP contribution in [0.3, 0.4) is 0 Å². The molecule has 0 aromatic carbocycles. The van der Waals surface area contributed by atoms with Gasteiger partial charge in [-0.1, -0.05) is 0 Å². The summed E-state index contributed by atoms with van der Waals surface area (Å²) in [5.41, 5.74) is 5.28. The van der Waals surface area contributed by atoms with E-state index in [1.165, 1.54) is 28.3 Å². The minimum atomic E-state index is 0.881. The first-order valence-electron chi connectivity index (χ1n) is 3.69. The summed E-state index contributed by atoms with van der Waals surface area (Å²) in [5, 5.41) is 0. The van der Waals surface area contributed by atoms with E-state index in [-0.39, 0.29) is 0 Å². The smallest absolute Gasteiger partial charge is 0.142 e. The molecule has 1 aromatic rings. The fourth-order valence-electron chi connectivity index (χ4n) is 1.28. The molecule has 3 N–H and O–H groups in total. The fourth-order valence-corrected chi connectivity index (χ4v) is 2.42. The van der Waals surface area contributed by atoms with Crippen molar-refractivity contribution in [3.63, 3.8) is 0 Å². The van der Waals surface area contributed by atoms with Crippen molar-refractivity contribution in [2.75, 3.05) is 0 Å². The molecule has 0 atom stereocenters. The molecule has 0 spiro atoms. The topological polar surface area (TPSA) is 27.6 Å². The van der Waals surface area contributed by atoms with Gasteiger partial charge < -0.3 is 5.73 Å². The number of hydrogen-bond donors (Lipinski definition) is 1. The van der Waals surface area contributed by atoms with Gasteiger partial charge in [0.15, 0.2) is 0 Å². The summed E-state index contributed by atoms with van der Waals surface area (Å²) in [4.78, 5) is 2.95. The standard InChI is InChI=1S/C8H11NS/c1-5-4-7(9)8(10-5)6-2-3-6/h4,6H,2-3,9H2,1H3/p+1. The van der Waals surface area contributed by atoms with E-state index >= 15 is 0 Å². The van der Waals surface area contributed by atoms with E-state index in [4.69, 9.17) is 0 Å². The first-order valence-corrected chi connectivity index (χ1v) is 4.51. The van der Waals surface area contributed by atoms with Crippen molar-refractivity contribution in [1.29, 1.82) is 0 Å². The van der Waals surface area contributed by atoms with Crippen LogP contribution in [0.2, 0.25) is 0 Å². The Hall–Kier alpha value is -0.340. The molecule has 1 aromatic heterocycles. The van der Waals surface area contributed by atoms with Crippen LogP contribution >= 0.6 is 11.3 Å². The Bertz CT molecular complexity index is 248. The molecule has 2 heteroatoms. The summed E-state index contributed by atoms with van der Waals surface area (Å²) >= 11 is 1.92. The minimum Gasteiger partial charge on any atom is -0.324 e. The summed E-state index contributed by atoms with van der Waals surface area (Å²) < 4.78 is 0. The average molecular weight is 154 g/mol. The van der Waals surface area contributed by atoms with Crippen LogP contribution in [-0.4, -0.2) is 0 Å². The quantitative estimate of drug-likeness (QED) is 0.639. The largest absolute Gasteiger partial charge is 0.324 e. The SMILES string of the molecule is Cc1cc([NH3+])c(C2CC2)s1. The van der Waals surface area contributed by atoms with Crippen molar-refractivity contribution in [1.82, 2.24) is 0 Å². The molecule has 1 nitrogen and oxygen atoms in total. The maximum Gasteiger partial charge on any atom is 0.142 e. The molecular formula is C8H12NS+. The van der Waals surface area contributed by atoms with Gasteiger partial charge in [-0.15, -0.1) is 11.3 Å². The zero-order valence-corrected chi connectivity index (χ0v) is 7.00. The molecule has 1 fully saturated rings. The number of quaternary nitrogens is 1. The van der Waals surface area contributed by atoms with Crippen LogP contribution in [0.4, 0.5) is 5.69 Å². The lowest BCUT2D eigenvalue weighted by Gasteiger charge is -1.87. The molecule has 0 saturated heterocycles. The summed E-state index contributed by atoms with van der Waals surface area (Å²) in [5.74, 6) is 0.881. The second-order valence-corrected chi connectivity index (χ2v) is 4.31. The van der Waals surface area contributed by atoms with Gasteiger partial charge in [0.2, 0.25) is 0 Å². The second kappa shape index (κ2) is 2.07. The summed E-state index contributed by atoms with van der Waals surface area (Å²) in [6.07, 6.45) is 2.78. The normalized spacial score (nSPS) is 17.8. The number of rotatable bonds is 1. The van der Waals surface area contributed by atoms with Crippen LogP contribution in [0.1, 0.15) is 28.5 Å². The van der Waals surface area contributed by atoms with E-state index in [0.717, 1.165) is 5.92 Å². The van der Waals surface area contributed by atoms with E-state index in [1.807, 2.05) is 11.3 Å². The van der Waals surface area contributed by atoms with Gasteiger partial charge in [0.05, 0.1) is 4.88 Å². The van der Waals surface area contributed by atoms with Crippen molar-refractivity contribution in [2.45, 2.75) is 25.7 Å². The van der Waals surface area contributed by atoms with Gasteiger partial charge in [-0.05, 0) is 25.7 Å². The van der Waals surface area contributed by atoms with E-state index in [1.54, 1.807) is 0 Å². The summed E-state index contributed by atoms with van der Waals surface area (Å²) in [7, 11) is 0. The molecule has 2 rings (SSSR count). The van der Waals surface area contributed by atoms with Crippen LogP contribution in [0, 0.1) is 6.92 Å². The summed E-state index contributed by atoms with van der Waals surface area (Å²) in [6, 6.07) is 2.19. The maximum absolute atomic E-state index is 4.01. The highest BCUT2D eigenvalue weighted by Crippen LogP contribution is 2.45. The lowest BCUT2D eigenvalue weighted by Crippen LogP contribution is -2.40. The number of aryl methyl sites for hydroxylation is 1. The third kappa shape index (κ3) is 0.976. The Morgan fingerprint density at radius 3 is 2.70 bits per heavy atom. The van der Waals surface area contributed by atoms with Crippen molar-refractivity contribution >= 4 is 17.0 Å². The van der Waals surface area contributed by atoms with Gasteiger partial charge >= 0.3 is 0 Å². The first kappa shape index (κ1) is 6.38. The van der Waals surface area contributed by atoms with Crippen molar-refractivity contribution < 1.29 is 5.73 Å². The molecule has 1 heterocycles. The Kier molecular flexibility index (Phi) is 1.32. The van der Waals surface area contributed by atoms with Crippen molar-refractivity contribution in [3.8, 4) is 0 Å². The molecule has 0 unspecified atom stereocenters. The molecule has 1 saturated carbocycles. The Morgan fingerprint density at radius 2 is 2.30 bits per heavy atom. The lowest BCUT2D eigenvalue weighted by atomic mass is 10.3. The van der Waals surface area contributed by atoms with E-state index < -0.39 is 0 Å². The van der Waals surface area contributed by atoms with Crippen LogP contribution in [0.15, 0.2) is 6.07 Å². The van der Waals surface area contributed by atoms with Crippen LogP contribution < -0.4 is 5.73 Å². The average Bonchev–Trinajstić information content (AvgIpc) is 2.61. The molecule has 1 aliphatic rings. The number of hydrogen-bond acceptors (Lipinski definition) is 1. The Morgan fingerprint density at radius 1 is 1.60 bits per heavy atom. The van der Waals surface area contributed by atoms with E-state index in [0.29, 0.717) is 0 Å². The number of thiophene rings is 1. The monoisotopic (exact) mass is 154 g/mol. The Balaban J connectivity index is 2.38. The second-order valence-electron chi connectivity index (χ2n) is 3.02. The first-order chi connectivity index (χ1) is 4.77. The van der Waals surface area contributed by atoms with Crippen LogP contribution in [0.25, 0.3) is 0 Å². The molecule has 1 aliphatic carbocycles. The van der Waals surface area contributed by atoms with Gasteiger partial charge in [-0.25, -0.2) is 0 Å².